The molecule has 0 amide bonds. The van der Waals surface area contributed by atoms with Gasteiger partial charge in [-0.3, -0.25) is 0 Å². The van der Waals surface area contributed by atoms with Crippen molar-refractivity contribution in [3.63, 3.8) is 0 Å². The maximum atomic E-state index is 12.6. The van der Waals surface area contributed by atoms with Crippen LogP contribution < -0.4 is 0 Å². The van der Waals surface area contributed by atoms with Crippen LogP contribution in [0.4, 0.5) is 0 Å². The molecule has 156 valence electrons. The average molecular weight is 483 g/mol. The normalized spacial score (nSPS) is 11.3. The predicted molar refractivity (Wildman–Crippen MR) is 123 cm³/mol. The van der Waals surface area contributed by atoms with Crippen molar-refractivity contribution < 1.29 is 7.87 Å². The molecule has 27 heavy (non-hydrogen) atoms. The van der Waals surface area contributed by atoms with Crippen LogP contribution >= 0.6 is 0 Å². The Balaban J connectivity index is 4.40. The molecule has 0 radical (unpaired) electrons. The van der Waals surface area contributed by atoms with Crippen LogP contribution in [0.2, 0.25) is 13.3 Å². The minimum absolute atomic E-state index is 0.00232. The molecule has 0 unspecified atom stereocenters. The van der Waals surface area contributed by atoms with Gasteiger partial charge in [-0.15, -0.1) is 0 Å². The number of hydrogen-bond acceptors (Lipinski definition) is 2. The van der Waals surface area contributed by atoms with Crippen molar-refractivity contribution in [2.24, 2.45) is 0 Å². The van der Waals surface area contributed by atoms with Gasteiger partial charge in [0, 0.05) is 0 Å². The van der Waals surface area contributed by atoms with Gasteiger partial charge in [0.25, 0.3) is 0 Å². The smallest absolute Gasteiger partial charge is 0.0654 e. The zero-order valence-electron chi connectivity index (χ0n) is 18.6. The standard InChI is InChI=1S/C12H24O2.3C4H7.Sn/c1-2-3-4-5-6-7-8-9-10-11-12(13)14;3*1-4(2)3;/h2-11H2,1H3,(H,13,14);3*1-2H2,3H3;/q;;;;+1/p-1. The van der Waals surface area contributed by atoms with Crippen LogP contribution in [0.5, 0.6) is 0 Å². The van der Waals surface area contributed by atoms with Crippen LogP contribution in [0.25, 0.3) is 0 Å². The fourth-order valence-electron chi connectivity index (χ4n) is 3.82. The van der Waals surface area contributed by atoms with Crippen molar-refractivity contribution in [2.45, 2.75) is 105 Å². The molecule has 0 heterocycles. The monoisotopic (exact) mass is 484 g/mol. The first kappa shape index (κ1) is 26.5. The summed E-state index contributed by atoms with van der Waals surface area (Å²) in [5, 5.41) is 0. The van der Waals surface area contributed by atoms with Crippen LogP contribution in [0, 0.1) is 0 Å². The van der Waals surface area contributed by atoms with E-state index in [0.717, 1.165) is 42.9 Å². The van der Waals surface area contributed by atoms with Crippen LogP contribution in [0.1, 0.15) is 91.9 Å². The van der Waals surface area contributed by atoms with Gasteiger partial charge in [0.1, 0.15) is 0 Å². The van der Waals surface area contributed by atoms with Gasteiger partial charge in [-0.2, -0.15) is 0 Å². The predicted octanol–water partition coefficient (Wildman–Crippen LogP) is 8.12. The van der Waals surface area contributed by atoms with Gasteiger partial charge in [-0.25, -0.2) is 0 Å². The first-order valence-corrected chi connectivity index (χ1v) is 18.1. The Morgan fingerprint density at radius 2 is 1.07 bits per heavy atom. The summed E-state index contributed by atoms with van der Waals surface area (Å²) in [4.78, 5) is 12.6. The van der Waals surface area contributed by atoms with E-state index in [4.69, 9.17) is 3.07 Å². The van der Waals surface area contributed by atoms with Crippen molar-refractivity contribution in [1.82, 2.24) is 0 Å². The Labute approximate surface area is 174 Å². The zero-order valence-corrected chi connectivity index (χ0v) is 21.5. The summed E-state index contributed by atoms with van der Waals surface area (Å²) in [5.41, 5.74) is 3.34. The summed E-state index contributed by atoms with van der Waals surface area (Å²) in [6.45, 7) is 20.6. The number of carbonyl (C=O) groups excluding carboxylic acids is 1. The number of unbranched alkanes of at least 4 members (excludes halogenated alkanes) is 8. The molecule has 0 bridgehead atoms. The molecule has 0 aliphatic heterocycles. The maximum absolute atomic E-state index is 12.6. The molecule has 0 N–H and O–H groups in total. The molecule has 0 aliphatic carbocycles. The number of allylic oxidation sites excluding steroid dienone is 3. The molecule has 0 aromatic carbocycles. The third-order valence-electron chi connectivity index (χ3n) is 4.69. The van der Waals surface area contributed by atoms with E-state index in [-0.39, 0.29) is 5.97 Å². The van der Waals surface area contributed by atoms with Gasteiger partial charge < -0.3 is 0 Å². The molecule has 0 atom stereocenters. The summed E-state index contributed by atoms with van der Waals surface area (Å²) in [6, 6.07) is 0. The topological polar surface area (TPSA) is 26.3 Å². The minimum atomic E-state index is -3.17. The van der Waals surface area contributed by atoms with E-state index < -0.39 is 18.8 Å². The van der Waals surface area contributed by atoms with E-state index in [2.05, 4.69) is 26.7 Å². The fourth-order valence-corrected chi connectivity index (χ4v) is 16.6. The third kappa shape index (κ3) is 15.1. The minimum Gasteiger partial charge on any atom is -0.0654 e. The van der Waals surface area contributed by atoms with Crippen LogP contribution in [-0.4, -0.2) is 24.8 Å². The summed E-state index contributed by atoms with van der Waals surface area (Å²) in [7, 11) is 0. The molecule has 0 aromatic heterocycles. The molecule has 0 fully saturated rings. The van der Waals surface area contributed by atoms with Gasteiger partial charge in [-0.05, 0) is 0 Å². The van der Waals surface area contributed by atoms with Crippen molar-refractivity contribution in [3.8, 4) is 0 Å². The molecule has 0 saturated carbocycles. The van der Waals surface area contributed by atoms with E-state index >= 15 is 0 Å². The van der Waals surface area contributed by atoms with Gasteiger partial charge >= 0.3 is 167 Å². The van der Waals surface area contributed by atoms with Gasteiger partial charge in [-0.1, -0.05) is 6.92 Å². The molecule has 3 heteroatoms. The van der Waals surface area contributed by atoms with E-state index in [1.165, 1.54) is 44.9 Å². The second-order valence-corrected chi connectivity index (χ2v) is 19.0. The molecular weight excluding hydrogens is 439 g/mol. The Morgan fingerprint density at radius 1 is 0.704 bits per heavy atom. The molecule has 0 rings (SSSR count). The number of hydrogen-bond donors (Lipinski definition) is 0. The van der Waals surface area contributed by atoms with E-state index in [1.807, 2.05) is 20.8 Å². The van der Waals surface area contributed by atoms with Crippen molar-refractivity contribution >= 4 is 24.8 Å². The second kappa shape index (κ2) is 15.4. The van der Waals surface area contributed by atoms with E-state index in [9.17, 15) is 4.79 Å². The van der Waals surface area contributed by atoms with Gasteiger partial charge in [0.05, 0.1) is 0 Å². The molecule has 0 aromatic rings. The first-order valence-electron chi connectivity index (χ1n) is 10.9. The second-order valence-electron chi connectivity index (χ2n) is 8.64. The molecule has 0 aliphatic rings. The van der Waals surface area contributed by atoms with Crippen LogP contribution in [0.3, 0.4) is 0 Å². The molecule has 0 saturated heterocycles. The zero-order chi connectivity index (χ0) is 20.7. The summed E-state index contributed by atoms with van der Waals surface area (Å²) in [6.07, 6.45) is 11.9. The van der Waals surface area contributed by atoms with Gasteiger partial charge in [0.15, 0.2) is 0 Å². The van der Waals surface area contributed by atoms with Crippen LogP contribution in [0.15, 0.2) is 36.5 Å². The van der Waals surface area contributed by atoms with E-state index in [0.29, 0.717) is 6.42 Å². The quantitative estimate of drug-likeness (QED) is 0.119. The van der Waals surface area contributed by atoms with Crippen molar-refractivity contribution in [3.05, 3.63) is 36.5 Å². The van der Waals surface area contributed by atoms with Crippen molar-refractivity contribution in [1.29, 1.82) is 0 Å². The first-order chi connectivity index (χ1) is 12.7. The van der Waals surface area contributed by atoms with Crippen molar-refractivity contribution in [2.75, 3.05) is 0 Å². The Morgan fingerprint density at radius 3 is 1.44 bits per heavy atom. The Hall–Kier alpha value is -0.511. The number of carbonyl (C=O) groups is 1. The Kier molecular flexibility index (Phi) is 15.1. The van der Waals surface area contributed by atoms with Crippen LogP contribution in [-0.2, 0) is 7.87 Å². The fraction of sp³-hybridized carbons (Fsp3) is 0.708. The molecule has 2 nitrogen and oxygen atoms in total. The van der Waals surface area contributed by atoms with E-state index in [1.54, 1.807) is 0 Å². The van der Waals surface area contributed by atoms with Gasteiger partial charge in [0.2, 0.25) is 0 Å². The summed E-state index contributed by atoms with van der Waals surface area (Å²) >= 11 is -3.17. The SMILES string of the molecule is C=C(C)[CH2][Sn]([CH2]C(=C)C)([CH2]C(=C)C)[O]C(=O)CCCCCCCCCCC. The average Bonchev–Trinajstić information content (AvgIpc) is 2.50. The molecule has 0 spiro atoms. The Bertz CT molecular complexity index is 438. The summed E-state index contributed by atoms with van der Waals surface area (Å²) in [5.74, 6) is -0.00232. The number of rotatable bonds is 17. The summed E-state index contributed by atoms with van der Waals surface area (Å²) < 4.78 is 8.85. The molecular formula is C24H44O2Sn. The third-order valence-corrected chi connectivity index (χ3v) is 17.3.